The van der Waals surface area contributed by atoms with Crippen molar-refractivity contribution in [1.29, 1.82) is 0 Å². The Kier molecular flexibility index (Phi) is 1.79. The van der Waals surface area contributed by atoms with Crippen molar-refractivity contribution in [3.8, 4) is 0 Å². The molecule has 1 aliphatic heterocycles. The highest BCUT2D eigenvalue weighted by molar-refractivity contribution is 8.03. The van der Waals surface area contributed by atoms with Gasteiger partial charge in [0.05, 0.1) is 16.4 Å². The fourth-order valence-corrected chi connectivity index (χ4v) is 2.11. The van der Waals surface area contributed by atoms with Gasteiger partial charge in [-0.15, -0.1) is 0 Å². The summed E-state index contributed by atoms with van der Waals surface area (Å²) < 4.78 is 0. The van der Waals surface area contributed by atoms with Crippen LogP contribution in [-0.4, -0.2) is 29.6 Å². The van der Waals surface area contributed by atoms with E-state index >= 15 is 0 Å². The molecule has 1 fully saturated rings. The molecular formula is C8H12N2OS. The number of thioether (sulfide) groups is 1. The van der Waals surface area contributed by atoms with Gasteiger partial charge in [0.25, 0.3) is 0 Å². The summed E-state index contributed by atoms with van der Waals surface area (Å²) in [7, 11) is 2.03. The summed E-state index contributed by atoms with van der Waals surface area (Å²) in [4.78, 5) is 12.8. The molecule has 0 atom stereocenters. The van der Waals surface area contributed by atoms with Gasteiger partial charge in [0, 0.05) is 13.2 Å². The average Bonchev–Trinajstić information content (AvgIpc) is 2.71. The van der Waals surface area contributed by atoms with Crippen LogP contribution in [0.25, 0.3) is 0 Å². The molecule has 1 aliphatic carbocycles. The van der Waals surface area contributed by atoms with Crippen LogP contribution in [0.1, 0.15) is 12.8 Å². The van der Waals surface area contributed by atoms with Crippen LogP contribution >= 0.6 is 11.8 Å². The highest BCUT2D eigenvalue weighted by Gasteiger charge is 2.43. The Balaban J connectivity index is 1.95. The number of hydrogen-bond acceptors (Lipinski definition) is 4. The molecule has 1 N–H and O–H groups in total. The van der Waals surface area contributed by atoms with Gasteiger partial charge < -0.3 is 15.0 Å². The second-order valence-electron chi connectivity index (χ2n) is 3.42. The third-order valence-corrected chi connectivity index (χ3v) is 3.20. The summed E-state index contributed by atoms with van der Waals surface area (Å²) >= 11 is 1.75. The van der Waals surface area contributed by atoms with Gasteiger partial charge in [0.1, 0.15) is 6.29 Å². The van der Waals surface area contributed by atoms with Crippen LogP contribution in [0.5, 0.6) is 0 Å². The van der Waals surface area contributed by atoms with Crippen molar-refractivity contribution >= 4 is 18.0 Å². The normalized spacial score (nSPS) is 25.1. The predicted octanol–water partition coefficient (Wildman–Crippen LogP) is 0.742. The number of nitrogens with zero attached hydrogens (tertiary/aromatic N) is 1. The Morgan fingerprint density at radius 3 is 2.92 bits per heavy atom. The molecule has 0 saturated heterocycles. The van der Waals surface area contributed by atoms with E-state index in [1.54, 1.807) is 11.8 Å². The first kappa shape index (κ1) is 7.98. The summed E-state index contributed by atoms with van der Waals surface area (Å²) in [6.45, 7) is 0. The van der Waals surface area contributed by atoms with Gasteiger partial charge in [-0.2, -0.15) is 0 Å². The molecule has 1 heterocycles. The van der Waals surface area contributed by atoms with Crippen LogP contribution in [0.4, 0.5) is 0 Å². The smallest absolute Gasteiger partial charge is 0.145 e. The molecule has 2 aliphatic rings. The molecule has 0 unspecified atom stereocenters. The molecule has 0 aromatic carbocycles. The fourth-order valence-electron chi connectivity index (χ4n) is 1.17. The second-order valence-corrected chi connectivity index (χ2v) is 4.41. The summed E-state index contributed by atoms with van der Waals surface area (Å²) in [5.41, 5.74) is -0.204. The summed E-state index contributed by atoms with van der Waals surface area (Å²) in [5.74, 6) is 0.983. The van der Waals surface area contributed by atoms with Gasteiger partial charge in [-0.25, -0.2) is 0 Å². The number of carbonyl (C=O) groups excluding carboxylic acids is 1. The number of rotatable bonds is 3. The Morgan fingerprint density at radius 2 is 2.50 bits per heavy atom. The van der Waals surface area contributed by atoms with E-state index in [1.807, 2.05) is 13.2 Å². The standard InChI is InChI=1S/C8H12N2OS/c1-10-4-7(12-6-10)9-8(5-11)2-3-8/h4-5,9H,2-3,6H2,1H3. The molecule has 0 aromatic heterocycles. The van der Waals surface area contributed by atoms with Crippen molar-refractivity contribution in [2.75, 3.05) is 12.9 Å². The minimum absolute atomic E-state index is 0.204. The van der Waals surface area contributed by atoms with Crippen molar-refractivity contribution in [2.45, 2.75) is 18.4 Å². The third-order valence-electron chi connectivity index (χ3n) is 2.15. The van der Waals surface area contributed by atoms with E-state index < -0.39 is 0 Å². The van der Waals surface area contributed by atoms with E-state index in [0.717, 1.165) is 30.0 Å². The molecule has 1 saturated carbocycles. The van der Waals surface area contributed by atoms with Gasteiger partial charge in [0.2, 0.25) is 0 Å². The summed E-state index contributed by atoms with van der Waals surface area (Å²) in [6.07, 6.45) is 5.05. The Labute approximate surface area is 76.2 Å². The van der Waals surface area contributed by atoms with Crippen molar-refractivity contribution < 1.29 is 4.79 Å². The van der Waals surface area contributed by atoms with Gasteiger partial charge in [-0.3, -0.25) is 0 Å². The molecule has 3 nitrogen and oxygen atoms in total. The fraction of sp³-hybridized carbons (Fsp3) is 0.625. The number of aldehydes is 1. The van der Waals surface area contributed by atoms with Gasteiger partial charge >= 0.3 is 0 Å². The molecule has 0 radical (unpaired) electrons. The summed E-state index contributed by atoms with van der Waals surface area (Å²) in [6, 6.07) is 0. The second kappa shape index (κ2) is 2.69. The number of nitrogens with one attached hydrogen (secondary N) is 1. The molecule has 0 spiro atoms. The summed E-state index contributed by atoms with van der Waals surface area (Å²) in [5, 5.41) is 4.39. The maximum absolute atomic E-state index is 10.6. The molecule has 66 valence electrons. The third kappa shape index (κ3) is 1.43. The van der Waals surface area contributed by atoms with E-state index in [0.29, 0.717) is 0 Å². The van der Waals surface area contributed by atoms with Crippen LogP contribution in [0.2, 0.25) is 0 Å². The van der Waals surface area contributed by atoms with Crippen molar-refractivity contribution in [3.63, 3.8) is 0 Å². The molecule has 0 aromatic rings. The molecular weight excluding hydrogens is 172 g/mol. The zero-order chi connectivity index (χ0) is 8.60. The lowest BCUT2D eigenvalue weighted by molar-refractivity contribution is -0.110. The van der Waals surface area contributed by atoms with Gasteiger partial charge in [-0.1, -0.05) is 11.8 Å². The molecule has 4 heteroatoms. The minimum atomic E-state index is -0.204. The van der Waals surface area contributed by atoms with E-state index in [1.165, 1.54) is 0 Å². The molecule has 0 bridgehead atoms. The molecule has 2 rings (SSSR count). The quantitative estimate of drug-likeness (QED) is 0.656. The average molecular weight is 184 g/mol. The van der Waals surface area contributed by atoms with E-state index in [4.69, 9.17) is 0 Å². The zero-order valence-electron chi connectivity index (χ0n) is 7.04. The predicted molar refractivity (Wildman–Crippen MR) is 49.5 cm³/mol. The van der Waals surface area contributed by atoms with Crippen LogP contribution in [-0.2, 0) is 4.79 Å². The SMILES string of the molecule is CN1C=C(NC2(C=O)CC2)SC1. The Hall–Kier alpha value is -0.640. The van der Waals surface area contributed by atoms with Crippen molar-refractivity contribution in [3.05, 3.63) is 11.2 Å². The maximum Gasteiger partial charge on any atom is 0.145 e. The number of carbonyl (C=O) groups is 1. The maximum atomic E-state index is 10.6. The van der Waals surface area contributed by atoms with Crippen molar-refractivity contribution in [2.24, 2.45) is 0 Å². The lowest BCUT2D eigenvalue weighted by Gasteiger charge is -2.10. The Bertz CT molecular complexity index is 235. The topological polar surface area (TPSA) is 32.3 Å². The molecule has 0 amide bonds. The van der Waals surface area contributed by atoms with Gasteiger partial charge in [0.15, 0.2) is 0 Å². The van der Waals surface area contributed by atoms with Crippen LogP contribution in [0.3, 0.4) is 0 Å². The van der Waals surface area contributed by atoms with E-state index in [2.05, 4.69) is 10.2 Å². The highest BCUT2D eigenvalue weighted by atomic mass is 32.2. The first-order valence-electron chi connectivity index (χ1n) is 4.03. The zero-order valence-corrected chi connectivity index (χ0v) is 7.86. The largest absolute Gasteiger partial charge is 0.369 e. The highest BCUT2D eigenvalue weighted by Crippen LogP contribution is 2.36. The lowest BCUT2D eigenvalue weighted by Crippen LogP contribution is -2.30. The van der Waals surface area contributed by atoms with Crippen LogP contribution in [0.15, 0.2) is 11.2 Å². The van der Waals surface area contributed by atoms with Crippen molar-refractivity contribution in [1.82, 2.24) is 10.2 Å². The first-order chi connectivity index (χ1) is 5.74. The van der Waals surface area contributed by atoms with Crippen LogP contribution in [0, 0.1) is 0 Å². The monoisotopic (exact) mass is 184 g/mol. The number of hydrogen-bond donors (Lipinski definition) is 1. The van der Waals surface area contributed by atoms with E-state index in [-0.39, 0.29) is 5.54 Å². The van der Waals surface area contributed by atoms with Gasteiger partial charge in [-0.05, 0) is 12.8 Å². The minimum Gasteiger partial charge on any atom is -0.369 e. The lowest BCUT2D eigenvalue weighted by atomic mass is 10.3. The molecule has 12 heavy (non-hydrogen) atoms. The Morgan fingerprint density at radius 1 is 1.75 bits per heavy atom. The van der Waals surface area contributed by atoms with Crippen LogP contribution < -0.4 is 5.32 Å². The first-order valence-corrected chi connectivity index (χ1v) is 5.02. The van der Waals surface area contributed by atoms with E-state index in [9.17, 15) is 4.79 Å².